The number of anilines is 1. The first-order valence-electron chi connectivity index (χ1n) is 9.46. The van der Waals surface area contributed by atoms with Gasteiger partial charge in [-0.15, -0.1) is 4.40 Å². The first-order chi connectivity index (χ1) is 13.9. The fourth-order valence-corrected chi connectivity index (χ4v) is 4.64. The van der Waals surface area contributed by atoms with Crippen molar-refractivity contribution in [1.82, 2.24) is 9.88 Å². The Bertz CT molecular complexity index is 923. The largest absolute Gasteiger partial charge is 0.506 e. The zero-order valence-corrected chi connectivity index (χ0v) is 16.7. The van der Waals surface area contributed by atoms with Crippen molar-refractivity contribution in [1.29, 1.82) is 0 Å². The monoisotopic (exact) mass is 419 g/mol. The Morgan fingerprint density at radius 3 is 2.97 bits per heavy atom. The third-order valence-corrected chi connectivity index (χ3v) is 6.14. The van der Waals surface area contributed by atoms with Gasteiger partial charge in [0, 0.05) is 24.3 Å². The van der Waals surface area contributed by atoms with E-state index in [1.54, 1.807) is 24.4 Å². The van der Waals surface area contributed by atoms with Crippen molar-refractivity contribution in [2.24, 2.45) is 10.1 Å². The Morgan fingerprint density at radius 2 is 2.14 bits per heavy atom. The number of nitrogens with one attached hydrogen (secondary N) is 1. The summed E-state index contributed by atoms with van der Waals surface area (Å²) in [4.78, 5) is 6.24. The molecule has 0 amide bonds. The highest BCUT2D eigenvalue weighted by Gasteiger charge is 2.27. The summed E-state index contributed by atoms with van der Waals surface area (Å²) < 4.78 is 32.1. The average Bonchev–Trinajstić information content (AvgIpc) is 2.68. The molecule has 1 atom stereocenters. The molecule has 10 heteroatoms. The smallest absolute Gasteiger partial charge is 0.158 e. The van der Waals surface area contributed by atoms with Crippen LogP contribution in [-0.4, -0.2) is 49.1 Å². The van der Waals surface area contributed by atoms with Crippen molar-refractivity contribution in [3.8, 4) is 11.5 Å². The molecule has 0 spiro atoms. The quantitative estimate of drug-likeness (QED) is 0.499. The van der Waals surface area contributed by atoms with Gasteiger partial charge in [-0.3, -0.25) is 23.7 Å². The third-order valence-electron chi connectivity index (χ3n) is 5.20. The normalized spacial score (nSPS) is 22.1. The lowest BCUT2D eigenvalue weighted by atomic mass is 10.0. The predicted octanol–water partition coefficient (Wildman–Crippen LogP) is 2.93. The Kier molecular flexibility index (Phi) is 5.50. The minimum atomic E-state index is -3.32. The van der Waals surface area contributed by atoms with Crippen LogP contribution in [0.3, 0.4) is 0 Å². The fraction of sp³-hybridized carbons (Fsp3) is 0.368. The number of aromatic hydroxyl groups is 1. The van der Waals surface area contributed by atoms with Gasteiger partial charge >= 0.3 is 0 Å². The summed E-state index contributed by atoms with van der Waals surface area (Å²) in [6.07, 6.45) is 6.35. The zero-order valence-electron chi connectivity index (χ0n) is 15.9. The molecule has 0 unspecified atom stereocenters. The highest BCUT2D eigenvalue weighted by atomic mass is 32.3. The van der Waals surface area contributed by atoms with Gasteiger partial charge in [0.15, 0.2) is 5.84 Å². The first-order valence-corrected chi connectivity index (χ1v) is 11.0. The van der Waals surface area contributed by atoms with E-state index in [1.807, 2.05) is 6.07 Å². The predicted molar refractivity (Wildman–Crippen MR) is 113 cm³/mol. The lowest BCUT2D eigenvalue weighted by Gasteiger charge is -2.36. The van der Waals surface area contributed by atoms with Crippen molar-refractivity contribution < 1.29 is 18.9 Å². The number of amidine groups is 1. The number of hydrogen-bond acceptors (Lipinski definition) is 9. The molecule has 0 bridgehead atoms. The van der Waals surface area contributed by atoms with Crippen LogP contribution in [0.5, 0.6) is 11.5 Å². The van der Waals surface area contributed by atoms with E-state index in [4.69, 9.17) is 10.5 Å². The Hall–Kier alpha value is -2.53. The molecule has 29 heavy (non-hydrogen) atoms. The maximum Gasteiger partial charge on any atom is 0.158 e. The number of likely N-dealkylation sites (tertiary alicyclic amines) is 1. The van der Waals surface area contributed by atoms with Gasteiger partial charge in [0.2, 0.25) is 0 Å². The number of ether oxygens (including phenoxy) is 1. The number of rotatable bonds is 5. The number of hydrogen-bond donors (Lipinski definition) is 5. The molecule has 1 fully saturated rings. The van der Waals surface area contributed by atoms with Crippen molar-refractivity contribution in [2.75, 3.05) is 17.9 Å². The number of pyridine rings is 1. The van der Waals surface area contributed by atoms with Gasteiger partial charge < -0.3 is 15.6 Å². The number of piperidine rings is 1. The van der Waals surface area contributed by atoms with E-state index in [2.05, 4.69) is 19.0 Å². The molecule has 1 aromatic carbocycles. The molecule has 4 rings (SSSR count). The molecule has 0 radical (unpaired) electrons. The maximum absolute atomic E-state index is 10.0. The molecule has 1 aromatic heterocycles. The molecular weight excluding hydrogens is 394 g/mol. The van der Waals surface area contributed by atoms with Gasteiger partial charge in [-0.1, -0.05) is 12.5 Å². The van der Waals surface area contributed by atoms with E-state index in [0.717, 1.165) is 31.4 Å². The molecule has 3 heterocycles. The summed E-state index contributed by atoms with van der Waals surface area (Å²) in [5, 5.41) is 10.0. The van der Waals surface area contributed by atoms with Gasteiger partial charge in [0.1, 0.15) is 18.1 Å². The van der Waals surface area contributed by atoms with Gasteiger partial charge in [0.25, 0.3) is 0 Å². The van der Waals surface area contributed by atoms with Crippen LogP contribution in [0.1, 0.15) is 30.4 Å². The first kappa shape index (κ1) is 19.8. The van der Waals surface area contributed by atoms with Crippen LogP contribution in [0.25, 0.3) is 0 Å². The molecule has 1 saturated heterocycles. The van der Waals surface area contributed by atoms with Crippen LogP contribution < -0.4 is 15.2 Å². The minimum Gasteiger partial charge on any atom is -0.506 e. The second kappa shape index (κ2) is 8.07. The number of benzene rings is 1. The van der Waals surface area contributed by atoms with Crippen molar-refractivity contribution in [3.63, 3.8) is 0 Å². The summed E-state index contributed by atoms with van der Waals surface area (Å²) in [5.41, 5.74) is 7.83. The maximum atomic E-state index is 10.0. The Balaban J connectivity index is 1.49. The summed E-state index contributed by atoms with van der Waals surface area (Å²) in [7, 11) is -3.32. The summed E-state index contributed by atoms with van der Waals surface area (Å²) >= 11 is 0. The van der Waals surface area contributed by atoms with E-state index in [-0.39, 0.29) is 17.6 Å². The third kappa shape index (κ3) is 4.40. The van der Waals surface area contributed by atoms with Crippen LogP contribution >= 0.6 is 11.0 Å². The standard InChI is InChI=1S/C19H25N5O4S/c20-19-18-15(22-29(26,27)23-19)5-3-6-17(18)28-12-14-4-1-2-9-24(14)11-13-7-8-21-10-16(13)25/h3,5-8,10,14,22,25-27H,1-2,4,9,11-12H2,(H2,20,23)/t14-/m1/s1. The molecule has 2 aliphatic heterocycles. The van der Waals surface area contributed by atoms with Crippen molar-refractivity contribution >= 4 is 22.5 Å². The van der Waals surface area contributed by atoms with Crippen LogP contribution in [0, 0.1) is 0 Å². The van der Waals surface area contributed by atoms with Gasteiger partial charge in [-0.25, -0.2) is 0 Å². The van der Waals surface area contributed by atoms with E-state index >= 15 is 0 Å². The Morgan fingerprint density at radius 1 is 1.28 bits per heavy atom. The lowest BCUT2D eigenvalue weighted by molar-refractivity contribution is 0.0925. The molecule has 156 valence electrons. The molecule has 2 aliphatic rings. The summed E-state index contributed by atoms with van der Waals surface area (Å²) in [6, 6.07) is 7.28. The van der Waals surface area contributed by atoms with Crippen LogP contribution in [-0.2, 0) is 6.54 Å². The zero-order chi connectivity index (χ0) is 20.4. The summed E-state index contributed by atoms with van der Waals surface area (Å²) in [6.45, 7) is 2.00. The van der Waals surface area contributed by atoms with E-state index in [9.17, 15) is 14.2 Å². The SMILES string of the molecule is NC1=NS(O)(O)Nc2cccc(OC[C@H]3CCCCN3Cc3ccncc3O)c21. The van der Waals surface area contributed by atoms with Gasteiger partial charge in [-0.2, -0.15) is 0 Å². The molecule has 6 N–H and O–H groups in total. The van der Waals surface area contributed by atoms with Crippen LogP contribution in [0.4, 0.5) is 5.69 Å². The molecule has 0 saturated carbocycles. The lowest BCUT2D eigenvalue weighted by Crippen LogP contribution is -2.42. The van der Waals surface area contributed by atoms with E-state index < -0.39 is 11.0 Å². The Labute approximate surface area is 170 Å². The number of fused-ring (bicyclic) bond motifs is 1. The van der Waals surface area contributed by atoms with Crippen molar-refractivity contribution in [3.05, 3.63) is 47.8 Å². The molecule has 2 aromatic rings. The highest BCUT2D eigenvalue weighted by Crippen LogP contribution is 2.46. The van der Waals surface area contributed by atoms with Gasteiger partial charge in [-0.05, 0) is 48.5 Å². The molecular formula is C19H25N5O4S. The number of nitrogens with zero attached hydrogens (tertiary/aromatic N) is 3. The van der Waals surface area contributed by atoms with E-state index in [0.29, 0.717) is 30.2 Å². The van der Waals surface area contributed by atoms with Gasteiger partial charge in [0.05, 0.1) is 17.4 Å². The topological polar surface area (TPSA) is 136 Å². The average molecular weight is 420 g/mol. The van der Waals surface area contributed by atoms with Crippen molar-refractivity contribution in [2.45, 2.75) is 31.8 Å². The summed E-state index contributed by atoms with van der Waals surface area (Å²) in [5.74, 6) is 0.781. The number of aromatic nitrogens is 1. The van der Waals surface area contributed by atoms with Crippen LogP contribution in [0.15, 0.2) is 41.1 Å². The molecule has 9 nitrogen and oxygen atoms in total. The number of nitrogens with two attached hydrogens (primary N) is 1. The minimum absolute atomic E-state index is 0.0385. The van der Waals surface area contributed by atoms with E-state index in [1.165, 1.54) is 6.20 Å². The second-order valence-electron chi connectivity index (χ2n) is 7.21. The fourth-order valence-electron chi connectivity index (χ4n) is 3.76. The molecule has 0 aliphatic carbocycles. The van der Waals surface area contributed by atoms with Crippen LogP contribution in [0.2, 0.25) is 0 Å². The second-order valence-corrected chi connectivity index (χ2v) is 8.64. The highest BCUT2D eigenvalue weighted by molar-refractivity contribution is 8.24.